The molecule has 1 unspecified atom stereocenters. The van der Waals surface area contributed by atoms with Gasteiger partial charge in [0.25, 0.3) is 5.69 Å². The highest BCUT2D eigenvalue weighted by Gasteiger charge is 2.12. The lowest BCUT2D eigenvalue weighted by Gasteiger charge is -2.15. The normalized spacial score (nSPS) is 11.9. The maximum atomic E-state index is 10.9. The van der Waals surface area contributed by atoms with Crippen molar-refractivity contribution in [1.29, 1.82) is 0 Å². The fourth-order valence-corrected chi connectivity index (χ4v) is 2.14. The summed E-state index contributed by atoms with van der Waals surface area (Å²) in [5.74, 6) is 0.647. The van der Waals surface area contributed by atoms with E-state index in [0.29, 0.717) is 12.3 Å². The van der Waals surface area contributed by atoms with Crippen LogP contribution >= 0.6 is 0 Å². The van der Waals surface area contributed by atoms with E-state index in [2.05, 4.69) is 12.2 Å². The molecule has 0 fully saturated rings. The topological polar surface area (TPSA) is 64.4 Å². The van der Waals surface area contributed by atoms with Crippen LogP contribution in [0.15, 0.2) is 48.5 Å². The summed E-state index contributed by atoms with van der Waals surface area (Å²) < 4.78 is 5.26. The van der Waals surface area contributed by atoms with Gasteiger partial charge in [-0.25, -0.2) is 0 Å². The Kier molecular flexibility index (Phi) is 4.90. The number of rotatable bonds is 6. The van der Waals surface area contributed by atoms with Crippen molar-refractivity contribution in [3.05, 3.63) is 69.8 Å². The lowest BCUT2D eigenvalue weighted by molar-refractivity contribution is -0.384. The first kappa shape index (κ1) is 15.0. The predicted octanol–water partition coefficient (Wildman–Crippen LogP) is 3.45. The third-order valence-corrected chi connectivity index (χ3v) is 3.37. The van der Waals surface area contributed by atoms with Gasteiger partial charge < -0.3 is 10.1 Å². The van der Waals surface area contributed by atoms with Crippen LogP contribution in [0.1, 0.15) is 24.1 Å². The van der Waals surface area contributed by atoms with Gasteiger partial charge in [-0.1, -0.05) is 30.3 Å². The zero-order valence-electron chi connectivity index (χ0n) is 12.1. The van der Waals surface area contributed by atoms with Gasteiger partial charge in [0.1, 0.15) is 5.75 Å². The SMILES string of the molecule is COc1ccc([N+](=O)[O-])cc1CNC(C)c1ccccc1. The molecule has 0 amide bonds. The molecule has 1 N–H and O–H groups in total. The molecule has 2 aromatic carbocycles. The molecule has 1 atom stereocenters. The summed E-state index contributed by atoms with van der Waals surface area (Å²) in [5, 5.41) is 14.2. The van der Waals surface area contributed by atoms with Crippen molar-refractivity contribution in [2.75, 3.05) is 7.11 Å². The van der Waals surface area contributed by atoms with E-state index in [1.807, 2.05) is 30.3 Å². The van der Waals surface area contributed by atoms with Gasteiger partial charge >= 0.3 is 0 Å². The number of non-ortho nitro benzene ring substituents is 1. The first-order chi connectivity index (χ1) is 10.1. The summed E-state index contributed by atoms with van der Waals surface area (Å²) >= 11 is 0. The van der Waals surface area contributed by atoms with Crippen LogP contribution in [-0.4, -0.2) is 12.0 Å². The lowest BCUT2D eigenvalue weighted by atomic mass is 10.1. The molecule has 21 heavy (non-hydrogen) atoms. The minimum atomic E-state index is -0.399. The van der Waals surface area contributed by atoms with E-state index in [1.165, 1.54) is 11.6 Å². The second-order valence-electron chi connectivity index (χ2n) is 4.77. The van der Waals surface area contributed by atoms with Crippen LogP contribution in [0.3, 0.4) is 0 Å². The van der Waals surface area contributed by atoms with E-state index >= 15 is 0 Å². The Balaban J connectivity index is 2.11. The molecule has 0 saturated heterocycles. The van der Waals surface area contributed by atoms with E-state index in [-0.39, 0.29) is 11.7 Å². The summed E-state index contributed by atoms with van der Waals surface area (Å²) in [6.07, 6.45) is 0. The second kappa shape index (κ2) is 6.85. The molecular weight excluding hydrogens is 268 g/mol. The molecule has 0 aliphatic heterocycles. The molecule has 0 bridgehead atoms. The van der Waals surface area contributed by atoms with Crippen molar-refractivity contribution < 1.29 is 9.66 Å². The Bertz CT molecular complexity index is 614. The van der Waals surface area contributed by atoms with Crippen molar-refractivity contribution in [1.82, 2.24) is 5.32 Å². The van der Waals surface area contributed by atoms with Crippen molar-refractivity contribution in [3.8, 4) is 5.75 Å². The third kappa shape index (κ3) is 3.79. The second-order valence-corrected chi connectivity index (χ2v) is 4.77. The third-order valence-electron chi connectivity index (χ3n) is 3.37. The molecule has 5 heteroatoms. The standard InChI is InChI=1S/C16H18N2O3/c1-12(13-6-4-3-5-7-13)17-11-14-10-15(18(19)20)8-9-16(14)21-2/h3-10,12,17H,11H2,1-2H3. The van der Waals surface area contributed by atoms with Crippen molar-refractivity contribution >= 4 is 5.69 Å². The van der Waals surface area contributed by atoms with Gasteiger partial charge in [-0.05, 0) is 18.6 Å². The fourth-order valence-electron chi connectivity index (χ4n) is 2.14. The molecule has 110 valence electrons. The van der Waals surface area contributed by atoms with Crippen LogP contribution in [0, 0.1) is 10.1 Å². The average Bonchev–Trinajstić information content (AvgIpc) is 2.53. The van der Waals surface area contributed by atoms with Crippen LogP contribution in [0.4, 0.5) is 5.69 Å². The summed E-state index contributed by atoms with van der Waals surface area (Å²) in [5.41, 5.74) is 2.01. The number of nitro groups is 1. The van der Waals surface area contributed by atoms with Crippen molar-refractivity contribution in [3.63, 3.8) is 0 Å². The minimum Gasteiger partial charge on any atom is -0.496 e. The first-order valence-electron chi connectivity index (χ1n) is 6.71. The minimum absolute atomic E-state index is 0.0694. The van der Waals surface area contributed by atoms with Crippen molar-refractivity contribution in [2.24, 2.45) is 0 Å². The van der Waals surface area contributed by atoms with Gasteiger partial charge in [0.15, 0.2) is 0 Å². The summed E-state index contributed by atoms with van der Waals surface area (Å²) in [6, 6.07) is 14.8. The number of nitrogens with zero attached hydrogens (tertiary/aromatic N) is 1. The van der Waals surface area contributed by atoms with Crippen LogP contribution in [-0.2, 0) is 6.54 Å². The van der Waals surface area contributed by atoms with E-state index in [0.717, 1.165) is 5.56 Å². The van der Waals surface area contributed by atoms with Gasteiger partial charge in [0, 0.05) is 30.3 Å². The maximum absolute atomic E-state index is 10.9. The Labute approximate surface area is 123 Å². The molecule has 0 aliphatic rings. The van der Waals surface area contributed by atoms with E-state index < -0.39 is 4.92 Å². The summed E-state index contributed by atoms with van der Waals surface area (Å²) in [4.78, 5) is 10.5. The number of ether oxygens (including phenoxy) is 1. The molecule has 0 aromatic heterocycles. The molecule has 5 nitrogen and oxygen atoms in total. The molecular formula is C16H18N2O3. The lowest BCUT2D eigenvalue weighted by Crippen LogP contribution is -2.18. The maximum Gasteiger partial charge on any atom is 0.270 e. The Morgan fingerprint density at radius 1 is 1.24 bits per heavy atom. The highest BCUT2D eigenvalue weighted by molar-refractivity contribution is 5.43. The predicted molar refractivity (Wildman–Crippen MR) is 81.3 cm³/mol. The zero-order valence-corrected chi connectivity index (χ0v) is 12.1. The average molecular weight is 286 g/mol. The molecule has 0 radical (unpaired) electrons. The van der Waals surface area contributed by atoms with Crippen LogP contribution < -0.4 is 10.1 Å². The molecule has 2 aromatic rings. The quantitative estimate of drug-likeness (QED) is 0.652. The summed E-state index contributed by atoms with van der Waals surface area (Å²) in [7, 11) is 1.56. The van der Waals surface area contributed by atoms with Gasteiger partial charge in [-0.15, -0.1) is 0 Å². The van der Waals surface area contributed by atoms with Crippen molar-refractivity contribution in [2.45, 2.75) is 19.5 Å². The number of methoxy groups -OCH3 is 1. The zero-order chi connectivity index (χ0) is 15.2. The van der Waals surface area contributed by atoms with Crippen LogP contribution in [0.25, 0.3) is 0 Å². The highest BCUT2D eigenvalue weighted by atomic mass is 16.6. The number of benzene rings is 2. The number of nitrogens with one attached hydrogen (secondary N) is 1. The monoisotopic (exact) mass is 286 g/mol. The van der Waals surface area contributed by atoms with Gasteiger partial charge in [0.2, 0.25) is 0 Å². The van der Waals surface area contributed by atoms with Gasteiger partial charge in [-0.3, -0.25) is 10.1 Å². The van der Waals surface area contributed by atoms with Gasteiger partial charge in [0.05, 0.1) is 12.0 Å². The fraction of sp³-hybridized carbons (Fsp3) is 0.250. The van der Waals surface area contributed by atoms with Crippen LogP contribution in [0.2, 0.25) is 0 Å². The number of nitro benzene ring substituents is 1. The van der Waals surface area contributed by atoms with Crippen LogP contribution in [0.5, 0.6) is 5.75 Å². The number of hydrogen-bond donors (Lipinski definition) is 1. The first-order valence-corrected chi connectivity index (χ1v) is 6.71. The van der Waals surface area contributed by atoms with E-state index in [1.54, 1.807) is 19.2 Å². The highest BCUT2D eigenvalue weighted by Crippen LogP contribution is 2.24. The van der Waals surface area contributed by atoms with Gasteiger partial charge in [-0.2, -0.15) is 0 Å². The smallest absolute Gasteiger partial charge is 0.270 e. The Morgan fingerprint density at radius 2 is 1.95 bits per heavy atom. The molecule has 0 saturated carbocycles. The molecule has 2 rings (SSSR count). The van der Waals surface area contributed by atoms with E-state index in [4.69, 9.17) is 4.74 Å². The molecule has 0 aliphatic carbocycles. The number of hydrogen-bond acceptors (Lipinski definition) is 4. The molecule has 0 spiro atoms. The van der Waals surface area contributed by atoms with E-state index in [9.17, 15) is 10.1 Å². The Hall–Kier alpha value is -2.40. The Morgan fingerprint density at radius 3 is 2.57 bits per heavy atom. The molecule has 0 heterocycles. The summed E-state index contributed by atoms with van der Waals surface area (Å²) in [6.45, 7) is 2.56. The largest absolute Gasteiger partial charge is 0.496 e.